The fourth-order valence-corrected chi connectivity index (χ4v) is 5.58. The topological polar surface area (TPSA) is 75.7 Å². The van der Waals surface area contributed by atoms with E-state index in [-0.39, 0.29) is 30.2 Å². The van der Waals surface area contributed by atoms with Crippen LogP contribution in [0.25, 0.3) is 0 Å². The molecule has 0 bridgehead atoms. The standard InChI is InChI=1S/C22H27ClN2O4S/c1-16(20-10-3-4-11-21(20)29-2)24-22(26)18-8-6-12-25(14-18)30(27,28)15-17-7-5-9-19(23)13-17/h3-5,7,9-11,13,16,18H,6,8,12,14-15H2,1-2H3,(H,24,26). The highest BCUT2D eigenvalue weighted by atomic mass is 35.5. The predicted molar refractivity (Wildman–Crippen MR) is 118 cm³/mol. The van der Waals surface area contributed by atoms with Gasteiger partial charge in [0, 0.05) is 23.7 Å². The van der Waals surface area contributed by atoms with Crippen molar-refractivity contribution < 1.29 is 17.9 Å². The third-order valence-corrected chi connectivity index (χ3v) is 7.40. The number of halogens is 1. The molecule has 8 heteroatoms. The summed E-state index contributed by atoms with van der Waals surface area (Å²) in [4.78, 5) is 12.9. The van der Waals surface area contributed by atoms with Crippen molar-refractivity contribution >= 4 is 27.5 Å². The molecule has 1 amide bonds. The van der Waals surface area contributed by atoms with Gasteiger partial charge in [0.25, 0.3) is 0 Å². The molecule has 0 radical (unpaired) electrons. The second-order valence-electron chi connectivity index (χ2n) is 7.56. The van der Waals surface area contributed by atoms with E-state index in [1.165, 1.54) is 4.31 Å². The summed E-state index contributed by atoms with van der Waals surface area (Å²) in [5.74, 6) is 0.0558. The van der Waals surface area contributed by atoms with E-state index in [2.05, 4.69) is 5.32 Å². The fraction of sp³-hybridized carbons (Fsp3) is 0.409. The molecule has 2 atom stereocenters. The van der Waals surface area contributed by atoms with Gasteiger partial charge >= 0.3 is 0 Å². The number of nitrogens with zero attached hydrogens (tertiary/aromatic N) is 1. The molecule has 1 saturated heterocycles. The first-order chi connectivity index (χ1) is 14.3. The van der Waals surface area contributed by atoms with Gasteiger partial charge in [-0.15, -0.1) is 0 Å². The Morgan fingerprint density at radius 3 is 2.77 bits per heavy atom. The number of hydrogen-bond acceptors (Lipinski definition) is 4. The molecule has 1 aliphatic rings. The lowest BCUT2D eigenvalue weighted by Crippen LogP contribution is -2.46. The molecular formula is C22H27ClN2O4S. The number of benzene rings is 2. The summed E-state index contributed by atoms with van der Waals surface area (Å²) in [6.07, 6.45) is 1.31. The van der Waals surface area contributed by atoms with Crippen LogP contribution in [-0.4, -0.2) is 38.8 Å². The van der Waals surface area contributed by atoms with Gasteiger partial charge < -0.3 is 10.1 Å². The summed E-state index contributed by atoms with van der Waals surface area (Å²) in [6.45, 7) is 2.51. The molecule has 0 aliphatic carbocycles. The molecule has 2 aromatic rings. The van der Waals surface area contributed by atoms with Gasteiger partial charge in [-0.2, -0.15) is 0 Å². The van der Waals surface area contributed by atoms with Crippen LogP contribution < -0.4 is 10.1 Å². The van der Waals surface area contributed by atoms with Crippen LogP contribution in [0.2, 0.25) is 5.02 Å². The smallest absolute Gasteiger partial charge is 0.224 e. The Kier molecular flexibility index (Phi) is 7.39. The maximum Gasteiger partial charge on any atom is 0.224 e. The van der Waals surface area contributed by atoms with E-state index in [9.17, 15) is 13.2 Å². The van der Waals surface area contributed by atoms with E-state index in [0.29, 0.717) is 35.7 Å². The summed E-state index contributed by atoms with van der Waals surface area (Å²) < 4.78 is 32.6. The van der Waals surface area contributed by atoms with Gasteiger partial charge in [0.2, 0.25) is 15.9 Å². The first-order valence-corrected chi connectivity index (χ1v) is 11.9. The molecule has 2 aromatic carbocycles. The minimum atomic E-state index is -3.54. The van der Waals surface area contributed by atoms with Crippen molar-refractivity contribution in [2.45, 2.75) is 31.6 Å². The van der Waals surface area contributed by atoms with Gasteiger partial charge in [0.1, 0.15) is 5.75 Å². The molecule has 6 nitrogen and oxygen atoms in total. The molecular weight excluding hydrogens is 424 g/mol. The van der Waals surface area contributed by atoms with E-state index in [4.69, 9.17) is 16.3 Å². The van der Waals surface area contributed by atoms with Crippen LogP contribution >= 0.6 is 11.6 Å². The maximum atomic E-state index is 12.9. The van der Waals surface area contributed by atoms with Crippen molar-refractivity contribution in [1.29, 1.82) is 0 Å². The van der Waals surface area contributed by atoms with E-state index < -0.39 is 10.0 Å². The fourth-order valence-electron chi connectivity index (χ4n) is 3.77. The highest BCUT2D eigenvalue weighted by Gasteiger charge is 2.33. The van der Waals surface area contributed by atoms with Crippen LogP contribution in [0.5, 0.6) is 5.75 Å². The van der Waals surface area contributed by atoms with Crippen LogP contribution in [0.3, 0.4) is 0 Å². The number of carbonyl (C=O) groups is 1. The summed E-state index contributed by atoms with van der Waals surface area (Å²) in [7, 11) is -1.94. The van der Waals surface area contributed by atoms with Crippen LogP contribution in [0, 0.1) is 5.92 Å². The van der Waals surface area contributed by atoms with Gasteiger partial charge in [0.05, 0.1) is 24.8 Å². The molecule has 2 unspecified atom stereocenters. The molecule has 0 aromatic heterocycles. The van der Waals surface area contributed by atoms with Gasteiger partial charge in [-0.3, -0.25) is 4.79 Å². The molecule has 1 fully saturated rings. The lowest BCUT2D eigenvalue weighted by molar-refractivity contribution is -0.126. The van der Waals surface area contributed by atoms with Gasteiger partial charge in [-0.1, -0.05) is 41.9 Å². The zero-order chi connectivity index (χ0) is 21.7. The Labute approximate surface area is 183 Å². The Hall–Kier alpha value is -2.09. The second kappa shape index (κ2) is 9.81. The summed E-state index contributed by atoms with van der Waals surface area (Å²) in [5, 5.41) is 3.52. The average Bonchev–Trinajstić information content (AvgIpc) is 2.73. The Bertz CT molecular complexity index is 996. The predicted octanol–water partition coefficient (Wildman–Crippen LogP) is 3.77. The molecule has 30 heavy (non-hydrogen) atoms. The number of nitrogens with one attached hydrogen (secondary N) is 1. The third-order valence-electron chi connectivity index (χ3n) is 5.35. The molecule has 0 saturated carbocycles. The Morgan fingerprint density at radius 1 is 1.27 bits per heavy atom. The molecule has 0 spiro atoms. The monoisotopic (exact) mass is 450 g/mol. The number of rotatable bonds is 7. The maximum absolute atomic E-state index is 12.9. The van der Waals surface area contributed by atoms with Crippen LogP contribution in [0.15, 0.2) is 48.5 Å². The molecule has 1 aliphatic heterocycles. The molecule has 162 valence electrons. The van der Waals surface area contributed by atoms with Crippen LogP contribution in [0.4, 0.5) is 0 Å². The van der Waals surface area contributed by atoms with Crippen molar-refractivity contribution in [2.24, 2.45) is 5.92 Å². The Morgan fingerprint density at radius 2 is 2.03 bits per heavy atom. The van der Waals surface area contributed by atoms with Crippen molar-refractivity contribution in [1.82, 2.24) is 9.62 Å². The lowest BCUT2D eigenvalue weighted by atomic mass is 9.97. The lowest BCUT2D eigenvalue weighted by Gasteiger charge is -2.32. The highest BCUT2D eigenvalue weighted by Crippen LogP contribution is 2.26. The van der Waals surface area contributed by atoms with E-state index >= 15 is 0 Å². The first kappa shape index (κ1) is 22.6. The molecule has 1 N–H and O–H groups in total. The highest BCUT2D eigenvalue weighted by molar-refractivity contribution is 7.88. The normalized spacial score (nSPS) is 18.6. The zero-order valence-corrected chi connectivity index (χ0v) is 18.7. The van der Waals surface area contributed by atoms with E-state index in [1.54, 1.807) is 31.4 Å². The first-order valence-electron chi connectivity index (χ1n) is 9.95. The van der Waals surface area contributed by atoms with Crippen molar-refractivity contribution in [3.05, 3.63) is 64.7 Å². The van der Waals surface area contributed by atoms with Crippen molar-refractivity contribution in [2.75, 3.05) is 20.2 Å². The molecule has 3 rings (SSSR count). The van der Waals surface area contributed by atoms with E-state index in [1.807, 2.05) is 31.2 Å². The summed E-state index contributed by atoms with van der Waals surface area (Å²) in [6, 6.07) is 14.1. The number of para-hydroxylation sites is 1. The molecule has 1 heterocycles. The number of carbonyl (C=O) groups excluding carboxylic acids is 1. The number of sulfonamides is 1. The van der Waals surface area contributed by atoms with Crippen LogP contribution in [0.1, 0.15) is 36.9 Å². The van der Waals surface area contributed by atoms with Crippen molar-refractivity contribution in [3.8, 4) is 5.75 Å². The number of piperidine rings is 1. The van der Waals surface area contributed by atoms with E-state index in [0.717, 1.165) is 5.56 Å². The second-order valence-corrected chi connectivity index (χ2v) is 9.96. The van der Waals surface area contributed by atoms with Crippen LogP contribution in [-0.2, 0) is 20.6 Å². The minimum absolute atomic E-state index is 0.125. The van der Waals surface area contributed by atoms with Gasteiger partial charge in [0.15, 0.2) is 0 Å². The Balaban J connectivity index is 1.65. The largest absolute Gasteiger partial charge is 0.496 e. The summed E-state index contributed by atoms with van der Waals surface area (Å²) >= 11 is 5.97. The number of hydrogen-bond donors (Lipinski definition) is 1. The quantitative estimate of drug-likeness (QED) is 0.696. The zero-order valence-electron chi connectivity index (χ0n) is 17.2. The third kappa shape index (κ3) is 5.53. The minimum Gasteiger partial charge on any atom is -0.496 e. The van der Waals surface area contributed by atoms with Gasteiger partial charge in [-0.25, -0.2) is 12.7 Å². The number of ether oxygens (including phenoxy) is 1. The summed E-state index contributed by atoms with van der Waals surface area (Å²) in [5.41, 5.74) is 1.52. The SMILES string of the molecule is COc1ccccc1C(C)NC(=O)C1CCCN(S(=O)(=O)Cc2cccc(Cl)c2)C1. The average molecular weight is 451 g/mol. The number of amides is 1. The van der Waals surface area contributed by atoms with Crippen molar-refractivity contribution in [3.63, 3.8) is 0 Å². The number of methoxy groups -OCH3 is 1. The van der Waals surface area contributed by atoms with Gasteiger partial charge in [-0.05, 0) is 43.5 Å².